The van der Waals surface area contributed by atoms with Gasteiger partial charge in [0, 0.05) is 12.6 Å². The van der Waals surface area contributed by atoms with E-state index in [1.54, 1.807) is 19.1 Å². The minimum atomic E-state index is -3.81. The summed E-state index contributed by atoms with van der Waals surface area (Å²) in [6.07, 6.45) is 0. The highest BCUT2D eigenvalue weighted by Crippen LogP contribution is 2.32. The Hall–Kier alpha value is -3.27. The van der Waals surface area contributed by atoms with Crippen LogP contribution in [-0.2, 0) is 21.4 Å². The number of carbonyl (C=O) groups excluding carboxylic acids is 1. The Morgan fingerprint density at radius 3 is 2.59 bits per heavy atom. The lowest BCUT2D eigenvalue weighted by Gasteiger charge is -2.15. The molecule has 4 rings (SSSR count). The van der Waals surface area contributed by atoms with Crippen molar-refractivity contribution in [2.24, 2.45) is 0 Å². The number of benzene rings is 3. The summed E-state index contributed by atoms with van der Waals surface area (Å²) in [6, 6.07) is 18.3. The van der Waals surface area contributed by atoms with Crippen LogP contribution in [0.3, 0.4) is 0 Å². The minimum Gasteiger partial charge on any atom is -0.482 e. The summed E-state index contributed by atoms with van der Waals surface area (Å²) >= 11 is 6.22. The molecule has 178 valence electrons. The molecule has 2 N–H and O–H groups in total. The molecule has 1 aliphatic rings. The number of amides is 1. The number of nitrogens with one attached hydrogen (secondary N) is 2. The van der Waals surface area contributed by atoms with E-state index < -0.39 is 16.1 Å². The Bertz CT molecular complexity index is 1280. The predicted octanol–water partition coefficient (Wildman–Crippen LogP) is 3.80. The van der Waals surface area contributed by atoms with Crippen LogP contribution in [0.25, 0.3) is 0 Å². The van der Waals surface area contributed by atoms with Crippen molar-refractivity contribution in [3.05, 3.63) is 82.9 Å². The van der Waals surface area contributed by atoms with Gasteiger partial charge in [0.05, 0.1) is 9.92 Å². The number of carbonyl (C=O) groups is 1. The number of halogens is 1. The first kappa shape index (κ1) is 23.9. The average molecular weight is 503 g/mol. The van der Waals surface area contributed by atoms with Gasteiger partial charge < -0.3 is 19.5 Å². The second-order valence-corrected chi connectivity index (χ2v) is 9.72. The fourth-order valence-corrected chi connectivity index (χ4v) is 4.88. The van der Waals surface area contributed by atoms with Gasteiger partial charge in [0.25, 0.3) is 5.91 Å². The highest BCUT2D eigenvalue weighted by molar-refractivity contribution is 7.89. The van der Waals surface area contributed by atoms with Crippen molar-refractivity contribution < 1.29 is 27.4 Å². The Kier molecular flexibility index (Phi) is 7.26. The number of sulfonamides is 1. The lowest BCUT2D eigenvalue weighted by atomic mass is 10.1. The van der Waals surface area contributed by atoms with Crippen molar-refractivity contribution in [2.45, 2.75) is 24.4 Å². The minimum absolute atomic E-state index is 0.000101. The Labute approximate surface area is 202 Å². The highest BCUT2D eigenvalue weighted by atomic mass is 35.5. The largest absolute Gasteiger partial charge is 0.482 e. The summed E-state index contributed by atoms with van der Waals surface area (Å²) in [5.74, 6) is 1.15. The number of rotatable bonds is 9. The molecule has 1 aliphatic heterocycles. The second kappa shape index (κ2) is 10.3. The van der Waals surface area contributed by atoms with Crippen molar-refractivity contribution in [2.75, 3.05) is 13.4 Å². The zero-order valence-corrected chi connectivity index (χ0v) is 19.9. The van der Waals surface area contributed by atoms with Gasteiger partial charge in [-0.3, -0.25) is 4.79 Å². The van der Waals surface area contributed by atoms with E-state index in [-0.39, 0.29) is 41.5 Å². The van der Waals surface area contributed by atoms with Crippen LogP contribution in [0.1, 0.15) is 24.1 Å². The van der Waals surface area contributed by atoms with E-state index in [1.165, 1.54) is 18.2 Å². The third-order valence-corrected chi connectivity index (χ3v) is 6.96. The fraction of sp³-hybridized carbons (Fsp3) is 0.208. The molecule has 1 unspecified atom stereocenters. The summed E-state index contributed by atoms with van der Waals surface area (Å²) in [4.78, 5) is 12.2. The van der Waals surface area contributed by atoms with Crippen LogP contribution in [0.15, 0.2) is 71.6 Å². The molecular weight excluding hydrogens is 480 g/mol. The molecule has 0 spiro atoms. The molecule has 0 bridgehead atoms. The molecule has 0 radical (unpaired) electrons. The molecule has 0 fully saturated rings. The van der Waals surface area contributed by atoms with Crippen LogP contribution >= 0.6 is 11.6 Å². The maximum Gasteiger partial charge on any atom is 0.258 e. The Morgan fingerprint density at radius 2 is 1.82 bits per heavy atom. The molecule has 1 amide bonds. The number of hydrogen-bond donors (Lipinski definition) is 2. The van der Waals surface area contributed by atoms with Gasteiger partial charge in [-0.05, 0) is 48.4 Å². The SMILES string of the molecule is CC(NS(=O)(=O)c1ccc(OCC(=O)NCc2ccc3c(c2)OCO3)c(Cl)c1)c1ccccc1. The maximum absolute atomic E-state index is 12.7. The molecule has 0 aromatic heterocycles. The Morgan fingerprint density at radius 1 is 1.06 bits per heavy atom. The standard InChI is InChI=1S/C24H23ClN2O6S/c1-16(18-5-3-2-4-6-18)27-34(29,30)19-8-10-21(20(25)12-19)31-14-24(28)26-13-17-7-9-22-23(11-17)33-15-32-22/h2-12,16,27H,13-15H2,1H3,(H,26,28). The topological polar surface area (TPSA) is 103 Å². The second-order valence-electron chi connectivity index (χ2n) is 7.60. The quantitative estimate of drug-likeness (QED) is 0.461. The van der Waals surface area contributed by atoms with Gasteiger partial charge in [-0.25, -0.2) is 13.1 Å². The Balaban J connectivity index is 1.31. The lowest BCUT2D eigenvalue weighted by Crippen LogP contribution is -2.28. The van der Waals surface area contributed by atoms with Crippen LogP contribution in [0.2, 0.25) is 5.02 Å². The van der Waals surface area contributed by atoms with Gasteiger partial charge in [0.15, 0.2) is 18.1 Å². The maximum atomic E-state index is 12.7. The lowest BCUT2D eigenvalue weighted by molar-refractivity contribution is -0.123. The monoisotopic (exact) mass is 502 g/mol. The molecule has 8 nitrogen and oxygen atoms in total. The van der Waals surface area contributed by atoms with Crippen molar-refractivity contribution in [3.63, 3.8) is 0 Å². The summed E-state index contributed by atoms with van der Waals surface area (Å²) in [5.41, 5.74) is 1.69. The van der Waals surface area contributed by atoms with Gasteiger partial charge >= 0.3 is 0 Å². The molecule has 1 atom stereocenters. The van der Waals surface area contributed by atoms with E-state index in [9.17, 15) is 13.2 Å². The number of fused-ring (bicyclic) bond motifs is 1. The highest BCUT2D eigenvalue weighted by Gasteiger charge is 2.20. The van der Waals surface area contributed by atoms with Gasteiger partial charge in [0.2, 0.25) is 16.8 Å². The zero-order chi connectivity index (χ0) is 24.1. The number of ether oxygens (including phenoxy) is 3. The van der Waals surface area contributed by atoms with E-state index in [1.807, 2.05) is 36.4 Å². The molecule has 3 aromatic rings. The summed E-state index contributed by atoms with van der Waals surface area (Å²) in [6.45, 7) is 1.95. The third-order valence-electron chi connectivity index (χ3n) is 5.13. The number of hydrogen-bond acceptors (Lipinski definition) is 6. The molecular formula is C24H23ClN2O6S. The fourth-order valence-electron chi connectivity index (χ4n) is 3.32. The molecule has 0 saturated heterocycles. The van der Waals surface area contributed by atoms with Gasteiger partial charge in [-0.15, -0.1) is 0 Å². The zero-order valence-electron chi connectivity index (χ0n) is 18.3. The van der Waals surface area contributed by atoms with Crippen LogP contribution in [0, 0.1) is 0 Å². The van der Waals surface area contributed by atoms with E-state index in [2.05, 4.69) is 10.0 Å². The van der Waals surface area contributed by atoms with Crippen LogP contribution in [0.4, 0.5) is 0 Å². The summed E-state index contributed by atoms with van der Waals surface area (Å²) in [7, 11) is -3.81. The van der Waals surface area contributed by atoms with E-state index >= 15 is 0 Å². The van der Waals surface area contributed by atoms with Crippen LogP contribution in [-0.4, -0.2) is 27.7 Å². The van der Waals surface area contributed by atoms with E-state index in [4.69, 9.17) is 25.8 Å². The van der Waals surface area contributed by atoms with Crippen molar-refractivity contribution >= 4 is 27.5 Å². The third kappa shape index (κ3) is 5.80. The first-order valence-corrected chi connectivity index (χ1v) is 12.3. The van der Waals surface area contributed by atoms with Crippen LogP contribution < -0.4 is 24.2 Å². The molecule has 10 heteroatoms. The van der Waals surface area contributed by atoms with E-state index in [0.29, 0.717) is 11.5 Å². The molecule has 1 heterocycles. The molecule has 0 saturated carbocycles. The van der Waals surface area contributed by atoms with E-state index in [0.717, 1.165) is 11.1 Å². The molecule has 3 aromatic carbocycles. The van der Waals surface area contributed by atoms with Crippen molar-refractivity contribution in [1.29, 1.82) is 0 Å². The first-order chi connectivity index (χ1) is 16.3. The summed E-state index contributed by atoms with van der Waals surface area (Å²) in [5, 5.41) is 2.83. The molecule has 34 heavy (non-hydrogen) atoms. The normalized spacial score (nSPS) is 13.4. The van der Waals surface area contributed by atoms with Gasteiger partial charge in [-0.2, -0.15) is 0 Å². The average Bonchev–Trinajstić information content (AvgIpc) is 3.30. The summed E-state index contributed by atoms with van der Waals surface area (Å²) < 4.78 is 44.2. The predicted molar refractivity (Wildman–Crippen MR) is 127 cm³/mol. The van der Waals surface area contributed by atoms with Crippen molar-refractivity contribution in [1.82, 2.24) is 10.0 Å². The van der Waals surface area contributed by atoms with Crippen molar-refractivity contribution in [3.8, 4) is 17.2 Å². The van der Waals surface area contributed by atoms with Gasteiger partial charge in [0.1, 0.15) is 5.75 Å². The smallest absolute Gasteiger partial charge is 0.258 e. The molecule has 0 aliphatic carbocycles. The first-order valence-electron chi connectivity index (χ1n) is 10.5. The van der Waals surface area contributed by atoms with Crippen LogP contribution in [0.5, 0.6) is 17.2 Å². The van der Waals surface area contributed by atoms with Gasteiger partial charge in [-0.1, -0.05) is 48.0 Å².